The number of pyridine rings is 1. The lowest BCUT2D eigenvalue weighted by atomic mass is 10.1. The molecule has 0 saturated heterocycles. The van der Waals surface area contributed by atoms with Gasteiger partial charge in [-0.3, -0.25) is 4.79 Å². The molecule has 0 radical (unpaired) electrons. The maximum atomic E-state index is 13.1. The van der Waals surface area contributed by atoms with E-state index >= 15 is 0 Å². The number of nitrogens with zero attached hydrogens (tertiary/aromatic N) is 4. The van der Waals surface area contributed by atoms with E-state index in [2.05, 4.69) is 4.98 Å². The zero-order chi connectivity index (χ0) is 18.4. The highest BCUT2D eigenvalue weighted by molar-refractivity contribution is 6.07. The second kappa shape index (κ2) is 7.96. The van der Waals surface area contributed by atoms with E-state index in [0.717, 1.165) is 5.39 Å². The van der Waals surface area contributed by atoms with Crippen molar-refractivity contribution in [2.45, 2.75) is 12.8 Å². The topological polar surface area (TPSA) is 93.9 Å². The number of amides is 1. The van der Waals surface area contributed by atoms with Gasteiger partial charge in [0.2, 0.25) is 0 Å². The van der Waals surface area contributed by atoms with Gasteiger partial charge in [0.15, 0.2) is 5.76 Å². The molecule has 128 valence electrons. The van der Waals surface area contributed by atoms with Crippen molar-refractivity contribution in [3.63, 3.8) is 0 Å². The molecule has 0 bridgehead atoms. The highest BCUT2D eigenvalue weighted by atomic mass is 16.3. The van der Waals surface area contributed by atoms with Crippen LogP contribution >= 0.6 is 0 Å². The van der Waals surface area contributed by atoms with Gasteiger partial charge in [-0.25, -0.2) is 4.98 Å². The van der Waals surface area contributed by atoms with E-state index in [1.165, 1.54) is 0 Å². The van der Waals surface area contributed by atoms with Crippen LogP contribution in [-0.4, -0.2) is 28.9 Å². The second-order valence-corrected chi connectivity index (χ2v) is 5.66. The second-order valence-electron chi connectivity index (χ2n) is 5.66. The number of aromatic nitrogens is 1. The van der Waals surface area contributed by atoms with Gasteiger partial charge in [0, 0.05) is 18.5 Å². The molecule has 0 N–H and O–H groups in total. The molecule has 0 saturated carbocycles. The molecule has 3 aromatic rings. The molecule has 0 fully saturated rings. The Labute approximate surface area is 150 Å². The van der Waals surface area contributed by atoms with Gasteiger partial charge in [-0.05, 0) is 24.3 Å². The van der Waals surface area contributed by atoms with Crippen molar-refractivity contribution < 1.29 is 9.21 Å². The average Bonchev–Trinajstić information content (AvgIpc) is 3.21. The predicted molar refractivity (Wildman–Crippen MR) is 95.8 cm³/mol. The molecule has 6 heteroatoms. The molecule has 3 rings (SSSR count). The Morgan fingerprint density at radius 3 is 2.46 bits per heavy atom. The van der Waals surface area contributed by atoms with Crippen LogP contribution in [0.1, 0.15) is 23.2 Å². The number of furan rings is 1. The molecule has 1 amide bonds. The van der Waals surface area contributed by atoms with Crippen LogP contribution in [0.15, 0.2) is 53.1 Å². The van der Waals surface area contributed by atoms with Gasteiger partial charge < -0.3 is 9.32 Å². The summed E-state index contributed by atoms with van der Waals surface area (Å²) in [5.74, 6) is 0.354. The Bertz CT molecular complexity index is 979. The predicted octanol–water partition coefficient (Wildman–Crippen LogP) is 3.76. The lowest BCUT2D eigenvalue weighted by molar-refractivity contribution is 0.0764. The number of nitriles is 2. The number of hydrogen-bond acceptors (Lipinski definition) is 5. The fourth-order valence-corrected chi connectivity index (χ4v) is 2.76. The maximum Gasteiger partial charge on any atom is 0.254 e. The number of fused-ring (bicyclic) bond motifs is 1. The zero-order valence-electron chi connectivity index (χ0n) is 14.1. The van der Waals surface area contributed by atoms with Gasteiger partial charge in [-0.15, -0.1) is 0 Å². The first-order chi connectivity index (χ1) is 12.7. The number of carbonyl (C=O) groups excluding carboxylic acids is 1. The highest BCUT2D eigenvalue weighted by Gasteiger charge is 2.20. The molecule has 2 aromatic heterocycles. The van der Waals surface area contributed by atoms with Crippen LogP contribution in [0.25, 0.3) is 22.4 Å². The molecular formula is C20H16N4O2. The summed E-state index contributed by atoms with van der Waals surface area (Å²) < 4.78 is 5.42. The first-order valence-electron chi connectivity index (χ1n) is 8.21. The van der Waals surface area contributed by atoms with Crippen molar-refractivity contribution in [3.8, 4) is 23.6 Å². The fourth-order valence-electron chi connectivity index (χ4n) is 2.76. The summed E-state index contributed by atoms with van der Waals surface area (Å²) in [7, 11) is 0. The fraction of sp³-hybridized carbons (Fsp3) is 0.200. The summed E-state index contributed by atoms with van der Waals surface area (Å²) >= 11 is 0. The monoisotopic (exact) mass is 344 g/mol. The first kappa shape index (κ1) is 17.2. The maximum absolute atomic E-state index is 13.1. The summed E-state index contributed by atoms with van der Waals surface area (Å²) in [6.07, 6.45) is 1.98. The smallest absolute Gasteiger partial charge is 0.254 e. The van der Waals surface area contributed by atoms with Gasteiger partial charge >= 0.3 is 0 Å². The summed E-state index contributed by atoms with van der Waals surface area (Å²) in [4.78, 5) is 19.3. The van der Waals surface area contributed by atoms with E-state index in [9.17, 15) is 4.79 Å². The quantitative estimate of drug-likeness (QED) is 0.678. The Morgan fingerprint density at radius 2 is 1.81 bits per heavy atom. The lowest BCUT2D eigenvalue weighted by Crippen LogP contribution is -2.33. The SMILES string of the molecule is N#CCCN(CCC#N)C(=O)c1cc(-c2ccco2)nc2ccccc12. The summed E-state index contributed by atoms with van der Waals surface area (Å²) in [5, 5.41) is 18.4. The van der Waals surface area contributed by atoms with Crippen molar-refractivity contribution in [1.82, 2.24) is 9.88 Å². The van der Waals surface area contributed by atoms with E-state index in [4.69, 9.17) is 14.9 Å². The third-order valence-electron chi connectivity index (χ3n) is 3.99. The van der Waals surface area contributed by atoms with Crippen LogP contribution in [0.5, 0.6) is 0 Å². The largest absolute Gasteiger partial charge is 0.463 e. The minimum Gasteiger partial charge on any atom is -0.463 e. The van der Waals surface area contributed by atoms with Gasteiger partial charge in [-0.1, -0.05) is 18.2 Å². The Kier molecular flexibility index (Phi) is 5.26. The van der Waals surface area contributed by atoms with Gasteiger partial charge in [0.05, 0.1) is 42.3 Å². The minimum absolute atomic E-state index is 0.214. The summed E-state index contributed by atoms with van der Waals surface area (Å²) in [6.45, 7) is 0.563. The Hall–Kier alpha value is -3.64. The Balaban J connectivity index is 2.08. The van der Waals surface area contributed by atoms with E-state index in [1.807, 2.05) is 36.4 Å². The lowest BCUT2D eigenvalue weighted by Gasteiger charge is -2.21. The van der Waals surface area contributed by atoms with Crippen LogP contribution in [0.3, 0.4) is 0 Å². The van der Waals surface area contributed by atoms with Crippen molar-refractivity contribution in [1.29, 1.82) is 10.5 Å². The van der Waals surface area contributed by atoms with E-state index < -0.39 is 0 Å². The minimum atomic E-state index is -0.220. The van der Waals surface area contributed by atoms with Gasteiger partial charge in [-0.2, -0.15) is 10.5 Å². The van der Waals surface area contributed by atoms with Crippen LogP contribution in [0.2, 0.25) is 0 Å². The molecule has 0 unspecified atom stereocenters. The molecule has 2 heterocycles. The van der Waals surface area contributed by atoms with Crippen LogP contribution in [-0.2, 0) is 0 Å². The van der Waals surface area contributed by atoms with Gasteiger partial charge in [0.25, 0.3) is 5.91 Å². The first-order valence-corrected chi connectivity index (χ1v) is 8.21. The number of rotatable bonds is 6. The molecular weight excluding hydrogens is 328 g/mol. The van der Waals surface area contributed by atoms with Crippen molar-refractivity contribution in [2.24, 2.45) is 0 Å². The number of para-hydroxylation sites is 1. The number of carbonyl (C=O) groups is 1. The summed E-state index contributed by atoms with van der Waals surface area (Å²) in [5.41, 5.74) is 1.74. The molecule has 1 aromatic carbocycles. The van der Waals surface area contributed by atoms with Crippen LogP contribution in [0.4, 0.5) is 0 Å². The van der Waals surface area contributed by atoms with Crippen LogP contribution < -0.4 is 0 Å². The number of benzene rings is 1. The van der Waals surface area contributed by atoms with Crippen LogP contribution in [0, 0.1) is 22.7 Å². The molecule has 0 aliphatic heterocycles. The molecule has 6 nitrogen and oxygen atoms in total. The van der Waals surface area contributed by atoms with E-state index in [-0.39, 0.29) is 31.8 Å². The molecule has 0 aliphatic rings. The summed E-state index contributed by atoms with van der Waals surface area (Å²) in [6, 6.07) is 16.7. The zero-order valence-corrected chi connectivity index (χ0v) is 14.1. The van der Waals surface area contributed by atoms with E-state index in [0.29, 0.717) is 22.5 Å². The Morgan fingerprint density at radius 1 is 1.08 bits per heavy atom. The average molecular weight is 344 g/mol. The standard InChI is InChI=1S/C20H16N4O2/c21-9-4-11-24(12-5-10-22)20(25)16-14-18(19-8-3-13-26-19)23-17-7-2-1-6-15(16)17/h1-3,6-8,13-14H,4-5,11-12H2. The third kappa shape index (κ3) is 3.55. The number of hydrogen-bond donors (Lipinski definition) is 0. The van der Waals surface area contributed by atoms with E-state index in [1.54, 1.807) is 29.4 Å². The van der Waals surface area contributed by atoms with Crippen molar-refractivity contribution >= 4 is 16.8 Å². The highest BCUT2D eigenvalue weighted by Crippen LogP contribution is 2.26. The molecule has 0 atom stereocenters. The third-order valence-corrected chi connectivity index (χ3v) is 3.99. The molecule has 0 aliphatic carbocycles. The molecule has 0 spiro atoms. The normalized spacial score (nSPS) is 10.2. The van der Waals surface area contributed by atoms with Gasteiger partial charge in [0.1, 0.15) is 5.69 Å². The van der Waals surface area contributed by atoms with Crippen molar-refractivity contribution in [2.75, 3.05) is 13.1 Å². The van der Waals surface area contributed by atoms with Crippen molar-refractivity contribution in [3.05, 3.63) is 54.3 Å². The molecule has 26 heavy (non-hydrogen) atoms.